The number of aromatic nitrogens is 1. The first-order chi connectivity index (χ1) is 17.4. The molecule has 0 radical (unpaired) electrons. The minimum absolute atomic E-state index is 0.0110. The predicted octanol–water partition coefficient (Wildman–Crippen LogP) is 3.33. The molecule has 6 rings (SSSR count). The van der Waals surface area contributed by atoms with Crippen LogP contribution in [0.3, 0.4) is 0 Å². The Bertz CT molecular complexity index is 1390. The van der Waals surface area contributed by atoms with Crippen LogP contribution >= 0.6 is 0 Å². The third-order valence-electron chi connectivity index (χ3n) is 7.67. The SMILES string of the molecule is COc1ccc2[nH]c3c(c2c1)CCN1C(=O)N(c2ccccc2C(=O)NCC2CCCO2)C(=O)C31C. The van der Waals surface area contributed by atoms with Crippen LogP contribution in [0, 0.1) is 0 Å². The molecule has 0 bridgehead atoms. The van der Waals surface area contributed by atoms with E-state index in [1.54, 1.807) is 43.2 Å². The number of carbonyl (C=O) groups is 3. The largest absolute Gasteiger partial charge is 0.497 e. The normalized spacial score (nSPS) is 23.2. The minimum Gasteiger partial charge on any atom is -0.497 e. The molecular weight excluding hydrogens is 460 g/mol. The summed E-state index contributed by atoms with van der Waals surface area (Å²) in [5, 5.41) is 3.89. The minimum atomic E-state index is -1.21. The van der Waals surface area contributed by atoms with Gasteiger partial charge < -0.3 is 24.7 Å². The molecule has 1 aromatic heterocycles. The summed E-state index contributed by atoms with van der Waals surface area (Å²) < 4.78 is 11.0. The molecule has 4 amide bonds. The van der Waals surface area contributed by atoms with E-state index in [0.29, 0.717) is 31.8 Å². The van der Waals surface area contributed by atoms with Crippen LogP contribution in [-0.2, 0) is 21.5 Å². The average molecular weight is 489 g/mol. The van der Waals surface area contributed by atoms with E-state index in [0.717, 1.165) is 40.0 Å². The summed E-state index contributed by atoms with van der Waals surface area (Å²) in [5.41, 5.74) is 1.95. The molecule has 0 spiro atoms. The first-order valence-electron chi connectivity index (χ1n) is 12.3. The highest BCUT2D eigenvalue weighted by atomic mass is 16.5. The molecule has 9 heteroatoms. The molecular formula is C27H28N4O5. The number of hydrogen-bond acceptors (Lipinski definition) is 5. The van der Waals surface area contributed by atoms with Crippen molar-refractivity contribution in [2.45, 2.75) is 37.8 Å². The Kier molecular flexibility index (Phi) is 5.26. The number of anilines is 1. The number of benzene rings is 2. The standard InChI is InChI=1S/C27H28N4O5/c1-27-23-18(20-14-16(35-2)9-10-21(20)29-23)11-12-30(27)26(34)31(25(27)33)22-8-4-3-7-19(22)24(32)28-15-17-6-5-13-36-17/h3-4,7-10,14,17,29H,5-6,11-13,15H2,1-2H3,(H,28,32). The fraction of sp³-hybridized carbons (Fsp3) is 0.370. The van der Waals surface area contributed by atoms with Crippen molar-refractivity contribution in [2.75, 3.05) is 31.7 Å². The van der Waals surface area contributed by atoms with Crippen molar-refractivity contribution in [2.24, 2.45) is 0 Å². The molecule has 0 saturated carbocycles. The van der Waals surface area contributed by atoms with Crippen molar-refractivity contribution in [3.05, 3.63) is 59.3 Å². The first-order valence-corrected chi connectivity index (χ1v) is 12.3. The Hall–Kier alpha value is -3.85. The third kappa shape index (κ3) is 3.22. The monoisotopic (exact) mass is 488 g/mol. The number of nitrogens with zero attached hydrogens (tertiary/aromatic N) is 2. The molecule has 2 unspecified atom stereocenters. The van der Waals surface area contributed by atoms with Crippen LogP contribution in [0.5, 0.6) is 5.75 Å². The fourth-order valence-corrected chi connectivity index (χ4v) is 5.73. The number of H-pyrrole nitrogens is 1. The van der Waals surface area contributed by atoms with E-state index in [2.05, 4.69) is 10.3 Å². The van der Waals surface area contributed by atoms with E-state index in [9.17, 15) is 14.4 Å². The lowest BCUT2D eigenvalue weighted by atomic mass is 9.87. The summed E-state index contributed by atoms with van der Waals surface area (Å²) in [6.07, 6.45) is 2.47. The van der Waals surface area contributed by atoms with Gasteiger partial charge in [0.05, 0.1) is 30.2 Å². The molecule has 4 heterocycles. The zero-order valence-electron chi connectivity index (χ0n) is 20.3. The van der Waals surface area contributed by atoms with Gasteiger partial charge in [-0.25, -0.2) is 9.69 Å². The molecule has 2 saturated heterocycles. The summed E-state index contributed by atoms with van der Waals surface area (Å²) in [5.74, 6) is 0.0109. The highest BCUT2D eigenvalue weighted by Gasteiger charge is 2.59. The summed E-state index contributed by atoms with van der Waals surface area (Å²) in [6.45, 7) is 3.26. The van der Waals surface area contributed by atoms with Crippen molar-refractivity contribution in [1.82, 2.24) is 15.2 Å². The molecule has 2 aromatic carbocycles. The second-order valence-corrected chi connectivity index (χ2v) is 9.65. The topological polar surface area (TPSA) is 104 Å². The second kappa shape index (κ2) is 8.37. The van der Waals surface area contributed by atoms with Crippen LogP contribution in [0.15, 0.2) is 42.5 Å². The fourth-order valence-electron chi connectivity index (χ4n) is 5.73. The molecule has 9 nitrogen and oxygen atoms in total. The van der Waals surface area contributed by atoms with E-state index in [-0.39, 0.29) is 29.2 Å². The van der Waals surface area contributed by atoms with Gasteiger partial charge in [-0.3, -0.25) is 9.59 Å². The van der Waals surface area contributed by atoms with Crippen molar-refractivity contribution in [1.29, 1.82) is 0 Å². The third-order valence-corrected chi connectivity index (χ3v) is 7.67. The number of para-hydroxylation sites is 1. The number of methoxy groups -OCH3 is 1. The maximum absolute atomic E-state index is 14.0. The number of hydrogen-bond donors (Lipinski definition) is 2. The predicted molar refractivity (Wildman–Crippen MR) is 133 cm³/mol. The van der Waals surface area contributed by atoms with E-state index in [4.69, 9.17) is 9.47 Å². The number of carbonyl (C=O) groups excluding carboxylic acids is 3. The highest BCUT2D eigenvalue weighted by molar-refractivity contribution is 6.25. The molecule has 186 valence electrons. The van der Waals surface area contributed by atoms with Gasteiger partial charge in [-0.2, -0.15) is 0 Å². The van der Waals surface area contributed by atoms with Gasteiger partial charge in [0.25, 0.3) is 11.8 Å². The number of urea groups is 1. The number of fused-ring (bicyclic) bond motifs is 5. The van der Waals surface area contributed by atoms with E-state index in [1.165, 1.54) is 0 Å². The van der Waals surface area contributed by atoms with Crippen molar-refractivity contribution in [3.8, 4) is 5.75 Å². The molecule has 2 atom stereocenters. The summed E-state index contributed by atoms with van der Waals surface area (Å²) in [7, 11) is 1.62. The maximum Gasteiger partial charge on any atom is 0.332 e. The van der Waals surface area contributed by atoms with E-state index in [1.807, 2.05) is 18.2 Å². The van der Waals surface area contributed by atoms with Gasteiger partial charge in [-0.05, 0) is 62.1 Å². The van der Waals surface area contributed by atoms with Gasteiger partial charge in [0, 0.05) is 30.6 Å². The van der Waals surface area contributed by atoms with Crippen LogP contribution in [0.2, 0.25) is 0 Å². The molecule has 0 aliphatic carbocycles. The molecule has 3 aliphatic rings. The van der Waals surface area contributed by atoms with Gasteiger partial charge in [0.15, 0.2) is 5.54 Å². The first kappa shape index (κ1) is 22.6. The lowest BCUT2D eigenvalue weighted by molar-refractivity contribution is -0.125. The van der Waals surface area contributed by atoms with Crippen LogP contribution in [0.1, 0.15) is 41.4 Å². The summed E-state index contributed by atoms with van der Waals surface area (Å²) >= 11 is 0. The lowest BCUT2D eigenvalue weighted by Crippen LogP contribution is -2.49. The smallest absolute Gasteiger partial charge is 0.332 e. The number of rotatable bonds is 5. The second-order valence-electron chi connectivity index (χ2n) is 9.65. The van der Waals surface area contributed by atoms with E-state index >= 15 is 0 Å². The van der Waals surface area contributed by atoms with Crippen LogP contribution in [0.25, 0.3) is 10.9 Å². The number of nitrogens with one attached hydrogen (secondary N) is 2. The molecule has 3 aliphatic heterocycles. The van der Waals surface area contributed by atoms with Gasteiger partial charge in [-0.1, -0.05) is 12.1 Å². The Balaban J connectivity index is 1.37. The average Bonchev–Trinajstić information content (AvgIpc) is 3.59. The Morgan fingerprint density at radius 2 is 2.08 bits per heavy atom. The van der Waals surface area contributed by atoms with Crippen molar-refractivity contribution in [3.63, 3.8) is 0 Å². The van der Waals surface area contributed by atoms with E-state index < -0.39 is 11.6 Å². The van der Waals surface area contributed by atoms with Gasteiger partial charge in [0.2, 0.25) is 0 Å². The summed E-state index contributed by atoms with van der Waals surface area (Å²) in [4.78, 5) is 47.0. The number of imide groups is 1. The Morgan fingerprint density at radius 3 is 2.86 bits per heavy atom. The zero-order valence-corrected chi connectivity index (χ0v) is 20.3. The van der Waals surface area contributed by atoms with Crippen LogP contribution < -0.4 is 15.0 Å². The van der Waals surface area contributed by atoms with Gasteiger partial charge in [-0.15, -0.1) is 0 Å². The van der Waals surface area contributed by atoms with Crippen molar-refractivity contribution < 1.29 is 23.9 Å². The number of aromatic amines is 1. The highest BCUT2D eigenvalue weighted by Crippen LogP contribution is 2.46. The number of amides is 4. The summed E-state index contributed by atoms with van der Waals surface area (Å²) in [6, 6.07) is 12.1. The zero-order chi connectivity index (χ0) is 25.0. The van der Waals surface area contributed by atoms with Crippen molar-refractivity contribution >= 4 is 34.4 Å². The molecule has 3 aromatic rings. The maximum atomic E-state index is 14.0. The van der Waals surface area contributed by atoms with Crippen LogP contribution in [0.4, 0.5) is 10.5 Å². The molecule has 2 N–H and O–H groups in total. The Labute approximate surface area is 208 Å². The lowest BCUT2D eigenvalue weighted by Gasteiger charge is -2.35. The van der Waals surface area contributed by atoms with Gasteiger partial charge >= 0.3 is 6.03 Å². The number of ether oxygens (including phenoxy) is 2. The van der Waals surface area contributed by atoms with Crippen LogP contribution in [-0.4, -0.2) is 60.6 Å². The van der Waals surface area contributed by atoms with Gasteiger partial charge in [0.1, 0.15) is 5.75 Å². The Morgan fingerprint density at radius 1 is 1.25 bits per heavy atom. The quantitative estimate of drug-likeness (QED) is 0.536. The molecule has 2 fully saturated rings. The molecule has 36 heavy (non-hydrogen) atoms.